The highest BCUT2D eigenvalue weighted by Crippen LogP contribution is 2.40. The number of benzene rings is 1. The maximum absolute atomic E-state index is 13.1. The number of β-amino-alcohol motifs (C(OH)–C–C–N with tert-alkyl or cyclic N) is 1. The van der Waals surface area contributed by atoms with E-state index in [0.717, 1.165) is 5.56 Å². The van der Waals surface area contributed by atoms with Crippen molar-refractivity contribution in [1.82, 2.24) is 14.7 Å². The highest BCUT2D eigenvalue weighted by molar-refractivity contribution is 6.06. The van der Waals surface area contributed by atoms with Crippen LogP contribution in [0.4, 0.5) is 0 Å². The van der Waals surface area contributed by atoms with Gasteiger partial charge in [0.25, 0.3) is 5.91 Å². The second-order valence-corrected chi connectivity index (χ2v) is 6.98. The van der Waals surface area contributed by atoms with Gasteiger partial charge in [0.2, 0.25) is 5.91 Å². The molecule has 6 heteroatoms. The standard InChI is InChI=1S/C17H21N3O3/c1-18-10-17(11-18)16(23)19(8-12-5-3-2-4-6-12)15(22)14-7-13(21)9-20(14)17/h2-6,13-14,21H,7-11H2,1H3. The van der Waals surface area contributed by atoms with Crippen LogP contribution in [0.5, 0.6) is 0 Å². The third-order valence-corrected chi connectivity index (χ3v) is 5.27. The summed E-state index contributed by atoms with van der Waals surface area (Å²) in [7, 11) is 1.97. The molecule has 0 radical (unpaired) electrons. The molecule has 4 rings (SSSR count). The number of carbonyl (C=O) groups is 2. The Morgan fingerprint density at radius 3 is 2.57 bits per heavy atom. The summed E-state index contributed by atoms with van der Waals surface area (Å²) in [5, 5.41) is 10.0. The van der Waals surface area contributed by atoms with Gasteiger partial charge >= 0.3 is 0 Å². The molecule has 3 aliphatic rings. The van der Waals surface area contributed by atoms with E-state index in [4.69, 9.17) is 0 Å². The third-order valence-electron chi connectivity index (χ3n) is 5.27. The van der Waals surface area contributed by atoms with Crippen LogP contribution >= 0.6 is 0 Å². The Morgan fingerprint density at radius 2 is 1.91 bits per heavy atom. The minimum atomic E-state index is -0.639. The SMILES string of the molecule is CN1CC2(C1)C(=O)N(Cc1ccccc1)C(=O)C1CC(O)CN12. The van der Waals surface area contributed by atoms with Crippen LogP contribution in [0.1, 0.15) is 12.0 Å². The van der Waals surface area contributed by atoms with E-state index < -0.39 is 11.6 Å². The summed E-state index contributed by atoms with van der Waals surface area (Å²) in [4.78, 5) is 31.3. The van der Waals surface area contributed by atoms with E-state index in [9.17, 15) is 14.7 Å². The molecule has 122 valence electrons. The largest absolute Gasteiger partial charge is 0.392 e. The maximum Gasteiger partial charge on any atom is 0.252 e. The van der Waals surface area contributed by atoms with Gasteiger partial charge in [-0.3, -0.25) is 19.4 Å². The zero-order valence-corrected chi connectivity index (χ0v) is 13.2. The number of piperazine rings is 1. The van der Waals surface area contributed by atoms with Gasteiger partial charge in [-0.25, -0.2) is 0 Å². The van der Waals surface area contributed by atoms with Gasteiger partial charge < -0.3 is 10.0 Å². The predicted octanol–water partition coefficient (Wildman–Crippen LogP) is -0.325. The van der Waals surface area contributed by atoms with E-state index in [1.165, 1.54) is 4.90 Å². The molecule has 1 spiro atoms. The highest BCUT2D eigenvalue weighted by Gasteiger charge is 2.63. The monoisotopic (exact) mass is 315 g/mol. The molecular weight excluding hydrogens is 294 g/mol. The molecule has 2 unspecified atom stereocenters. The van der Waals surface area contributed by atoms with Crippen LogP contribution in [0, 0.1) is 0 Å². The number of hydrogen-bond donors (Lipinski definition) is 1. The number of aliphatic hydroxyl groups excluding tert-OH is 1. The van der Waals surface area contributed by atoms with Crippen LogP contribution in [0.2, 0.25) is 0 Å². The van der Waals surface area contributed by atoms with Crippen molar-refractivity contribution in [3.05, 3.63) is 35.9 Å². The molecule has 6 nitrogen and oxygen atoms in total. The van der Waals surface area contributed by atoms with Crippen molar-refractivity contribution in [2.75, 3.05) is 26.7 Å². The smallest absolute Gasteiger partial charge is 0.252 e. The van der Waals surface area contributed by atoms with Gasteiger partial charge in [0.15, 0.2) is 0 Å². The molecule has 1 aromatic rings. The minimum Gasteiger partial charge on any atom is -0.392 e. The van der Waals surface area contributed by atoms with Crippen molar-refractivity contribution in [2.45, 2.75) is 30.7 Å². The highest BCUT2D eigenvalue weighted by atomic mass is 16.3. The molecule has 0 bridgehead atoms. The number of imide groups is 1. The fraction of sp³-hybridized carbons (Fsp3) is 0.529. The van der Waals surface area contributed by atoms with Crippen molar-refractivity contribution < 1.29 is 14.7 Å². The molecule has 3 fully saturated rings. The van der Waals surface area contributed by atoms with Crippen molar-refractivity contribution in [3.63, 3.8) is 0 Å². The van der Waals surface area contributed by atoms with Crippen LogP contribution in [-0.4, -0.2) is 76.0 Å². The van der Waals surface area contributed by atoms with E-state index in [-0.39, 0.29) is 17.9 Å². The van der Waals surface area contributed by atoms with Crippen molar-refractivity contribution in [1.29, 1.82) is 0 Å². The number of carbonyl (C=O) groups excluding carboxylic acids is 2. The molecule has 2 atom stereocenters. The molecule has 2 amide bonds. The van der Waals surface area contributed by atoms with Gasteiger partial charge in [0, 0.05) is 19.6 Å². The fourth-order valence-electron chi connectivity index (χ4n) is 4.25. The lowest BCUT2D eigenvalue weighted by atomic mass is 9.83. The van der Waals surface area contributed by atoms with Crippen molar-refractivity contribution >= 4 is 11.8 Å². The Morgan fingerprint density at radius 1 is 1.22 bits per heavy atom. The Labute approximate surface area is 135 Å². The van der Waals surface area contributed by atoms with Crippen molar-refractivity contribution in [2.24, 2.45) is 0 Å². The Hall–Kier alpha value is -1.76. The van der Waals surface area contributed by atoms with Crippen LogP contribution < -0.4 is 0 Å². The number of aliphatic hydroxyl groups is 1. The van der Waals surface area contributed by atoms with Gasteiger partial charge in [-0.15, -0.1) is 0 Å². The summed E-state index contributed by atoms with van der Waals surface area (Å²) in [5.41, 5.74) is 0.309. The summed E-state index contributed by atoms with van der Waals surface area (Å²) in [5.74, 6) is -0.287. The third kappa shape index (κ3) is 2.13. The zero-order chi connectivity index (χ0) is 16.2. The van der Waals surface area contributed by atoms with Crippen LogP contribution in [-0.2, 0) is 16.1 Å². The van der Waals surface area contributed by atoms with E-state index in [0.29, 0.717) is 32.6 Å². The first-order valence-electron chi connectivity index (χ1n) is 8.04. The summed E-state index contributed by atoms with van der Waals surface area (Å²) < 4.78 is 0. The van der Waals surface area contributed by atoms with Gasteiger partial charge in [-0.2, -0.15) is 0 Å². The Bertz CT molecular complexity index is 642. The minimum absolute atomic E-state index is 0.116. The van der Waals surface area contributed by atoms with Gasteiger partial charge in [-0.05, 0) is 19.0 Å². The number of nitrogens with zero attached hydrogens (tertiary/aromatic N) is 3. The Balaban J connectivity index is 1.67. The number of fused-ring (bicyclic) bond motifs is 2. The molecule has 1 aromatic carbocycles. The molecule has 0 aliphatic carbocycles. The summed E-state index contributed by atoms with van der Waals surface area (Å²) >= 11 is 0. The average molecular weight is 315 g/mol. The molecule has 3 aliphatic heterocycles. The lowest BCUT2D eigenvalue weighted by Gasteiger charge is -2.57. The van der Waals surface area contributed by atoms with E-state index in [1.54, 1.807) is 0 Å². The number of hydrogen-bond acceptors (Lipinski definition) is 5. The Kier molecular flexibility index (Phi) is 3.30. The summed E-state index contributed by atoms with van der Waals surface area (Å²) in [6.45, 7) is 1.96. The first-order chi connectivity index (χ1) is 11.0. The fourth-order valence-corrected chi connectivity index (χ4v) is 4.25. The molecule has 0 saturated carbocycles. The van der Waals surface area contributed by atoms with E-state index in [2.05, 4.69) is 4.90 Å². The lowest BCUT2D eigenvalue weighted by Crippen LogP contribution is -2.80. The zero-order valence-electron chi connectivity index (χ0n) is 13.2. The second-order valence-electron chi connectivity index (χ2n) is 6.98. The first kappa shape index (κ1) is 14.8. The van der Waals surface area contributed by atoms with Crippen LogP contribution in [0.15, 0.2) is 30.3 Å². The van der Waals surface area contributed by atoms with E-state index in [1.807, 2.05) is 42.3 Å². The number of likely N-dealkylation sites (tertiary alicyclic amines) is 1. The van der Waals surface area contributed by atoms with Gasteiger partial charge in [-0.1, -0.05) is 30.3 Å². The molecule has 23 heavy (non-hydrogen) atoms. The molecule has 3 saturated heterocycles. The average Bonchev–Trinajstić information content (AvgIpc) is 2.90. The lowest BCUT2D eigenvalue weighted by molar-refractivity contribution is -0.179. The number of amides is 2. The van der Waals surface area contributed by atoms with Crippen LogP contribution in [0.3, 0.4) is 0 Å². The molecule has 0 aromatic heterocycles. The van der Waals surface area contributed by atoms with Gasteiger partial charge in [0.05, 0.1) is 18.7 Å². The van der Waals surface area contributed by atoms with Crippen molar-refractivity contribution in [3.8, 4) is 0 Å². The predicted molar refractivity (Wildman–Crippen MR) is 83.3 cm³/mol. The maximum atomic E-state index is 13.1. The normalized spacial score (nSPS) is 30.6. The molecule has 1 N–H and O–H groups in total. The molecular formula is C17H21N3O3. The quantitative estimate of drug-likeness (QED) is 0.758. The van der Waals surface area contributed by atoms with Gasteiger partial charge in [0.1, 0.15) is 5.54 Å². The number of rotatable bonds is 2. The molecule has 3 heterocycles. The first-order valence-corrected chi connectivity index (χ1v) is 8.04. The van der Waals surface area contributed by atoms with Crippen LogP contribution in [0.25, 0.3) is 0 Å². The topological polar surface area (TPSA) is 64.1 Å². The van der Waals surface area contributed by atoms with E-state index >= 15 is 0 Å². The second kappa shape index (κ2) is 5.12. The summed E-state index contributed by atoms with van der Waals surface area (Å²) in [6, 6.07) is 9.21. The number of likely N-dealkylation sites (N-methyl/N-ethyl adjacent to an activating group) is 1. The summed E-state index contributed by atoms with van der Waals surface area (Å²) in [6.07, 6.45) is -0.112.